The Morgan fingerprint density at radius 3 is 2.25 bits per heavy atom. The molecule has 0 aromatic heterocycles. The van der Waals surface area contributed by atoms with Gasteiger partial charge in [0.15, 0.2) is 0 Å². The molecule has 1 saturated heterocycles. The highest BCUT2D eigenvalue weighted by Gasteiger charge is 2.24. The molecule has 0 spiro atoms. The van der Waals surface area contributed by atoms with Crippen LogP contribution in [0, 0.1) is 5.92 Å². The molecule has 4 heteroatoms. The zero-order valence-corrected chi connectivity index (χ0v) is 13.7. The first-order chi connectivity index (χ1) is 9.56. The second-order valence-electron chi connectivity index (χ2n) is 6.14. The third-order valence-electron chi connectivity index (χ3n) is 4.06. The van der Waals surface area contributed by atoms with Gasteiger partial charge < -0.3 is 15.0 Å². The largest absolute Gasteiger partial charge is 0.380 e. The third kappa shape index (κ3) is 5.80. The smallest absolute Gasteiger partial charge is 0.239 e. The second kappa shape index (κ2) is 9.35. The molecule has 20 heavy (non-hydrogen) atoms. The predicted molar refractivity (Wildman–Crippen MR) is 82.8 cm³/mol. The van der Waals surface area contributed by atoms with E-state index in [0.717, 1.165) is 32.5 Å². The van der Waals surface area contributed by atoms with Gasteiger partial charge in [-0.2, -0.15) is 0 Å². The molecule has 1 heterocycles. The summed E-state index contributed by atoms with van der Waals surface area (Å²) >= 11 is 0. The molecule has 1 amide bonds. The van der Waals surface area contributed by atoms with Crippen molar-refractivity contribution in [2.45, 2.75) is 65.5 Å². The van der Waals surface area contributed by atoms with Crippen LogP contribution in [-0.2, 0) is 9.53 Å². The molecule has 0 aromatic rings. The lowest BCUT2D eigenvalue weighted by Crippen LogP contribution is -2.51. The molecular formula is C16H32N2O2. The van der Waals surface area contributed by atoms with Crippen LogP contribution in [0.15, 0.2) is 0 Å². The van der Waals surface area contributed by atoms with E-state index in [-0.39, 0.29) is 18.0 Å². The molecule has 0 aromatic carbocycles. The lowest BCUT2D eigenvalue weighted by atomic mass is 10.0. The molecule has 1 fully saturated rings. The van der Waals surface area contributed by atoms with E-state index in [2.05, 4.69) is 19.2 Å². The summed E-state index contributed by atoms with van der Waals surface area (Å²) in [5.74, 6) is 0.704. The summed E-state index contributed by atoms with van der Waals surface area (Å²) in [6.07, 6.45) is 4.80. The number of carbonyl (C=O) groups excluding carboxylic acids is 1. The average molecular weight is 284 g/mol. The van der Waals surface area contributed by atoms with E-state index in [1.54, 1.807) is 0 Å². The molecule has 1 aliphatic heterocycles. The molecule has 0 bridgehead atoms. The Hall–Kier alpha value is -0.610. The van der Waals surface area contributed by atoms with Gasteiger partial charge in [-0.3, -0.25) is 4.79 Å². The summed E-state index contributed by atoms with van der Waals surface area (Å²) in [6, 6.07) is 0.113. The van der Waals surface area contributed by atoms with E-state index in [1.807, 2.05) is 18.7 Å². The maximum Gasteiger partial charge on any atom is 0.239 e. The summed E-state index contributed by atoms with van der Waals surface area (Å²) in [5, 5.41) is 3.45. The van der Waals surface area contributed by atoms with E-state index < -0.39 is 0 Å². The average Bonchev–Trinajstić information content (AvgIpc) is 2.70. The molecule has 1 aliphatic rings. The summed E-state index contributed by atoms with van der Waals surface area (Å²) in [7, 11) is 0. The summed E-state index contributed by atoms with van der Waals surface area (Å²) in [5.41, 5.74) is 0. The van der Waals surface area contributed by atoms with E-state index in [4.69, 9.17) is 4.74 Å². The van der Waals surface area contributed by atoms with Crippen LogP contribution in [-0.4, -0.2) is 49.2 Å². The molecule has 2 unspecified atom stereocenters. The fraction of sp³-hybridized carbons (Fsp3) is 0.938. The molecule has 0 saturated carbocycles. The number of nitrogens with one attached hydrogen (secondary N) is 1. The second-order valence-corrected chi connectivity index (χ2v) is 6.14. The number of rotatable bonds is 7. The number of nitrogens with zero attached hydrogens (tertiary/aromatic N) is 1. The first kappa shape index (κ1) is 17.4. The Labute approximate surface area is 124 Å². The zero-order chi connectivity index (χ0) is 15.0. The van der Waals surface area contributed by atoms with Gasteiger partial charge in [0.1, 0.15) is 0 Å². The zero-order valence-electron chi connectivity index (χ0n) is 13.7. The number of hydrogen-bond donors (Lipinski definition) is 1. The number of likely N-dealkylation sites (tertiary alicyclic amines) is 1. The van der Waals surface area contributed by atoms with Crippen molar-refractivity contribution in [3.05, 3.63) is 0 Å². The van der Waals surface area contributed by atoms with Crippen molar-refractivity contribution in [2.24, 2.45) is 5.92 Å². The maximum atomic E-state index is 12.5. The molecule has 1 N–H and O–H groups in total. The topological polar surface area (TPSA) is 41.6 Å². The molecule has 118 valence electrons. The van der Waals surface area contributed by atoms with Crippen molar-refractivity contribution in [3.63, 3.8) is 0 Å². The van der Waals surface area contributed by atoms with Gasteiger partial charge in [0.25, 0.3) is 0 Å². The van der Waals surface area contributed by atoms with Crippen LogP contribution in [0.25, 0.3) is 0 Å². The predicted octanol–water partition coefficient (Wildman–Crippen LogP) is 2.43. The van der Waals surface area contributed by atoms with Gasteiger partial charge in [0.2, 0.25) is 5.91 Å². The minimum absolute atomic E-state index is 0.124. The lowest BCUT2D eigenvalue weighted by Gasteiger charge is -2.29. The van der Waals surface area contributed by atoms with Crippen LogP contribution in [0.5, 0.6) is 0 Å². The SMILES string of the molecule is CCOCC(NC(C)C(=O)N1CCCCCC1)C(C)C. The van der Waals surface area contributed by atoms with Crippen molar-refractivity contribution in [1.29, 1.82) is 0 Å². The minimum Gasteiger partial charge on any atom is -0.380 e. The Bertz CT molecular complexity index is 274. The Balaban J connectivity index is 2.48. The number of amides is 1. The van der Waals surface area contributed by atoms with E-state index >= 15 is 0 Å². The summed E-state index contributed by atoms with van der Waals surface area (Å²) in [4.78, 5) is 14.5. The monoisotopic (exact) mass is 284 g/mol. The molecule has 0 aliphatic carbocycles. The molecule has 4 nitrogen and oxygen atoms in total. The van der Waals surface area contributed by atoms with E-state index in [0.29, 0.717) is 12.5 Å². The van der Waals surface area contributed by atoms with E-state index in [1.165, 1.54) is 12.8 Å². The quantitative estimate of drug-likeness (QED) is 0.780. The summed E-state index contributed by atoms with van der Waals surface area (Å²) in [6.45, 7) is 11.5. The van der Waals surface area contributed by atoms with Gasteiger partial charge in [-0.25, -0.2) is 0 Å². The first-order valence-corrected chi connectivity index (χ1v) is 8.18. The number of hydrogen-bond acceptors (Lipinski definition) is 3. The fourth-order valence-electron chi connectivity index (χ4n) is 2.64. The van der Waals surface area contributed by atoms with Crippen LogP contribution >= 0.6 is 0 Å². The molecule has 2 atom stereocenters. The van der Waals surface area contributed by atoms with Crippen LogP contribution in [0.3, 0.4) is 0 Å². The highest BCUT2D eigenvalue weighted by Crippen LogP contribution is 2.12. The van der Waals surface area contributed by atoms with Crippen LogP contribution < -0.4 is 5.32 Å². The van der Waals surface area contributed by atoms with Crippen molar-refractivity contribution in [3.8, 4) is 0 Å². The van der Waals surface area contributed by atoms with Gasteiger partial charge in [-0.15, -0.1) is 0 Å². The van der Waals surface area contributed by atoms with Crippen molar-refractivity contribution in [1.82, 2.24) is 10.2 Å². The first-order valence-electron chi connectivity index (χ1n) is 8.18. The van der Waals surface area contributed by atoms with Gasteiger partial charge in [0, 0.05) is 25.7 Å². The lowest BCUT2D eigenvalue weighted by molar-refractivity contribution is -0.133. The van der Waals surface area contributed by atoms with Crippen LogP contribution in [0.1, 0.15) is 53.4 Å². The molecule has 1 rings (SSSR count). The molecular weight excluding hydrogens is 252 g/mol. The Morgan fingerprint density at radius 2 is 1.75 bits per heavy atom. The van der Waals surface area contributed by atoms with Gasteiger partial charge >= 0.3 is 0 Å². The highest BCUT2D eigenvalue weighted by atomic mass is 16.5. The highest BCUT2D eigenvalue weighted by molar-refractivity contribution is 5.81. The Kier molecular flexibility index (Phi) is 8.15. The molecule has 0 radical (unpaired) electrons. The summed E-state index contributed by atoms with van der Waals surface area (Å²) < 4.78 is 5.52. The standard InChI is InChI=1S/C16H32N2O2/c1-5-20-12-15(13(2)3)17-14(4)16(19)18-10-8-6-7-9-11-18/h13-15,17H,5-12H2,1-4H3. The third-order valence-corrected chi connectivity index (χ3v) is 4.06. The maximum absolute atomic E-state index is 12.5. The number of carbonyl (C=O) groups is 1. The Morgan fingerprint density at radius 1 is 1.15 bits per heavy atom. The van der Waals surface area contributed by atoms with Crippen molar-refractivity contribution < 1.29 is 9.53 Å². The van der Waals surface area contributed by atoms with Gasteiger partial charge in [0.05, 0.1) is 12.6 Å². The normalized spacial score (nSPS) is 19.8. The van der Waals surface area contributed by atoms with E-state index in [9.17, 15) is 4.79 Å². The number of ether oxygens (including phenoxy) is 1. The van der Waals surface area contributed by atoms with Gasteiger partial charge in [-0.05, 0) is 32.6 Å². The van der Waals surface area contributed by atoms with Crippen LogP contribution in [0.4, 0.5) is 0 Å². The van der Waals surface area contributed by atoms with Gasteiger partial charge in [-0.1, -0.05) is 26.7 Å². The van der Waals surface area contributed by atoms with Crippen LogP contribution in [0.2, 0.25) is 0 Å². The fourth-order valence-corrected chi connectivity index (χ4v) is 2.64. The van der Waals surface area contributed by atoms with Crippen molar-refractivity contribution in [2.75, 3.05) is 26.3 Å². The minimum atomic E-state index is -0.124. The van der Waals surface area contributed by atoms with Crippen molar-refractivity contribution >= 4 is 5.91 Å².